The number of ketones is 1. The van der Waals surface area contributed by atoms with Gasteiger partial charge < -0.3 is 4.79 Å². The molecule has 1 aromatic heterocycles. The molecule has 0 N–H and O–H groups in total. The third kappa shape index (κ3) is 2.47. The Hall–Kier alpha value is -1.81. The zero-order valence-corrected chi connectivity index (χ0v) is 10.1. The molecule has 86 valence electrons. The van der Waals surface area contributed by atoms with E-state index in [1.165, 1.54) is 17.5 Å². The lowest BCUT2D eigenvalue weighted by atomic mass is 9.95. The first-order chi connectivity index (χ1) is 8.22. The number of nitrogens with zero attached hydrogens (tertiary/aromatic N) is 1. The second kappa shape index (κ2) is 5.01. The molecule has 2 rings (SSSR count). The molecule has 0 fully saturated rings. The second-order valence-corrected chi connectivity index (χ2v) is 4.64. The van der Waals surface area contributed by atoms with Crippen LogP contribution >= 0.6 is 11.3 Å². The molecule has 1 aromatic carbocycles. The summed E-state index contributed by atoms with van der Waals surface area (Å²) < 4.78 is 0. The maximum Gasteiger partial charge on any atom is 0.188 e. The molecule has 0 spiro atoms. The van der Waals surface area contributed by atoms with Gasteiger partial charge in [-0.3, -0.25) is 9.78 Å². The lowest BCUT2D eigenvalue weighted by Gasteiger charge is -2.08. The third-order valence-electron chi connectivity index (χ3n) is 2.53. The van der Waals surface area contributed by atoms with Gasteiger partial charge in [0.1, 0.15) is 12.2 Å². The van der Waals surface area contributed by atoms with Gasteiger partial charge in [-0.2, -0.15) is 0 Å². The van der Waals surface area contributed by atoms with Crippen molar-refractivity contribution in [2.24, 2.45) is 0 Å². The van der Waals surface area contributed by atoms with E-state index < -0.39 is 5.92 Å². The summed E-state index contributed by atoms with van der Waals surface area (Å²) in [4.78, 5) is 27.5. The zero-order chi connectivity index (χ0) is 12.3. The van der Waals surface area contributed by atoms with Crippen LogP contribution in [0.3, 0.4) is 0 Å². The van der Waals surface area contributed by atoms with Crippen molar-refractivity contribution in [3.05, 3.63) is 52.0 Å². The number of carbonyl (C=O) groups is 2. The van der Waals surface area contributed by atoms with Gasteiger partial charge in [-0.25, -0.2) is 0 Å². The number of aromatic nitrogens is 1. The van der Waals surface area contributed by atoms with Crippen LogP contribution < -0.4 is 0 Å². The van der Waals surface area contributed by atoms with E-state index in [9.17, 15) is 9.59 Å². The van der Waals surface area contributed by atoms with Gasteiger partial charge in [0.15, 0.2) is 5.78 Å². The van der Waals surface area contributed by atoms with Gasteiger partial charge in [0.2, 0.25) is 0 Å². The summed E-state index contributed by atoms with van der Waals surface area (Å²) in [5.74, 6) is -0.914. The van der Waals surface area contributed by atoms with E-state index in [0.29, 0.717) is 11.2 Å². The summed E-state index contributed by atoms with van der Waals surface area (Å²) in [6, 6.07) is 7.41. The minimum Gasteiger partial charge on any atom is -0.302 e. The Kier molecular flexibility index (Phi) is 3.44. The molecule has 1 atom stereocenters. The fourth-order valence-corrected chi connectivity index (χ4v) is 2.16. The van der Waals surface area contributed by atoms with Crippen molar-refractivity contribution in [3.8, 4) is 0 Å². The molecule has 0 saturated carbocycles. The number of benzene rings is 1. The molecule has 17 heavy (non-hydrogen) atoms. The first-order valence-electron chi connectivity index (χ1n) is 5.17. The third-order valence-corrected chi connectivity index (χ3v) is 3.32. The van der Waals surface area contributed by atoms with Gasteiger partial charge in [-0.05, 0) is 12.5 Å². The Morgan fingerprint density at radius 2 is 2.06 bits per heavy atom. The smallest absolute Gasteiger partial charge is 0.188 e. The maximum atomic E-state index is 12.1. The van der Waals surface area contributed by atoms with Crippen LogP contribution in [0.5, 0.6) is 0 Å². The van der Waals surface area contributed by atoms with Crippen LogP contribution in [-0.4, -0.2) is 17.1 Å². The van der Waals surface area contributed by atoms with Crippen molar-refractivity contribution in [1.29, 1.82) is 0 Å². The first-order valence-corrected chi connectivity index (χ1v) is 6.05. The highest BCUT2D eigenvalue weighted by atomic mass is 32.1. The van der Waals surface area contributed by atoms with Crippen LogP contribution in [0, 0.1) is 6.92 Å². The monoisotopic (exact) mass is 245 g/mol. The number of hydrogen-bond donors (Lipinski definition) is 0. The summed E-state index contributed by atoms with van der Waals surface area (Å²) in [6.07, 6.45) is 2.18. The molecular weight excluding hydrogens is 234 g/mol. The Balaban J connectivity index is 2.31. The van der Waals surface area contributed by atoms with E-state index in [2.05, 4.69) is 4.98 Å². The van der Waals surface area contributed by atoms with E-state index in [0.717, 1.165) is 11.1 Å². The van der Waals surface area contributed by atoms with E-state index >= 15 is 0 Å². The van der Waals surface area contributed by atoms with Crippen molar-refractivity contribution in [3.63, 3.8) is 0 Å². The molecule has 0 aliphatic rings. The molecule has 1 unspecified atom stereocenters. The molecule has 0 bridgehead atoms. The second-order valence-electron chi connectivity index (χ2n) is 3.75. The highest BCUT2D eigenvalue weighted by Crippen LogP contribution is 2.21. The van der Waals surface area contributed by atoms with Gasteiger partial charge in [0.25, 0.3) is 0 Å². The Morgan fingerprint density at radius 3 is 2.59 bits per heavy atom. The topological polar surface area (TPSA) is 47.0 Å². The quantitative estimate of drug-likeness (QED) is 0.472. The number of aldehydes is 1. The Labute approximate surface area is 103 Å². The van der Waals surface area contributed by atoms with Gasteiger partial charge >= 0.3 is 0 Å². The molecule has 1 heterocycles. The van der Waals surface area contributed by atoms with Crippen LogP contribution in [0.4, 0.5) is 0 Å². The lowest BCUT2D eigenvalue weighted by Crippen LogP contribution is -2.13. The molecule has 0 radical (unpaired) electrons. The number of carbonyl (C=O) groups excluding carboxylic acids is 2. The predicted octanol–water partition coefficient (Wildman–Crippen LogP) is 2.62. The molecular formula is C13H11NO2S. The van der Waals surface area contributed by atoms with E-state index in [1.807, 2.05) is 31.2 Å². The summed E-state index contributed by atoms with van der Waals surface area (Å²) in [6.45, 7) is 1.96. The molecule has 0 aliphatic carbocycles. The average Bonchev–Trinajstić information content (AvgIpc) is 2.86. The van der Waals surface area contributed by atoms with Gasteiger partial charge in [0, 0.05) is 6.20 Å². The van der Waals surface area contributed by atoms with E-state index in [4.69, 9.17) is 0 Å². The SMILES string of the molecule is Cc1ccc(C(C=O)C(=O)c2cncs2)cc1. The van der Waals surface area contributed by atoms with Gasteiger partial charge in [-0.1, -0.05) is 29.8 Å². The van der Waals surface area contributed by atoms with Crippen LogP contribution in [0.25, 0.3) is 0 Å². The van der Waals surface area contributed by atoms with Crippen LogP contribution in [0.2, 0.25) is 0 Å². The summed E-state index contributed by atoms with van der Waals surface area (Å²) in [5.41, 5.74) is 3.41. The largest absolute Gasteiger partial charge is 0.302 e. The minimum atomic E-state index is -0.726. The fourth-order valence-electron chi connectivity index (χ4n) is 1.56. The van der Waals surface area contributed by atoms with Crippen molar-refractivity contribution >= 4 is 23.4 Å². The fraction of sp³-hybridized carbons (Fsp3) is 0.154. The lowest BCUT2D eigenvalue weighted by molar-refractivity contribution is -0.108. The molecule has 0 aliphatic heterocycles. The van der Waals surface area contributed by atoms with Gasteiger partial charge in [-0.15, -0.1) is 11.3 Å². The van der Waals surface area contributed by atoms with Crippen molar-refractivity contribution in [2.45, 2.75) is 12.8 Å². The van der Waals surface area contributed by atoms with Crippen molar-refractivity contribution in [2.75, 3.05) is 0 Å². The van der Waals surface area contributed by atoms with E-state index in [1.54, 1.807) is 5.51 Å². The highest BCUT2D eigenvalue weighted by Gasteiger charge is 2.22. The normalized spacial score (nSPS) is 12.1. The van der Waals surface area contributed by atoms with E-state index in [-0.39, 0.29) is 5.78 Å². The standard InChI is InChI=1S/C13H11NO2S/c1-9-2-4-10(5-3-9)11(7-15)13(16)12-6-14-8-17-12/h2-8,11H,1H3. The molecule has 2 aromatic rings. The minimum absolute atomic E-state index is 0.189. The average molecular weight is 245 g/mol. The number of thiazole rings is 1. The Morgan fingerprint density at radius 1 is 1.35 bits per heavy atom. The number of hydrogen-bond acceptors (Lipinski definition) is 4. The van der Waals surface area contributed by atoms with Gasteiger partial charge in [0.05, 0.1) is 10.4 Å². The summed E-state index contributed by atoms with van der Waals surface area (Å²) in [7, 11) is 0. The van der Waals surface area contributed by atoms with Crippen molar-refractivity contribution < 1.29 is 9.59 Å². The van der Waals surface area contributed by atoms with Crippen LogP contribution in [0.15, 0.2) is 36.0 Å². The van der Waals surface area contributed by atoms with Crippen LogP contribution in [0.1, 0.15) is 26.7 Å². The summed E-state index contributed by atoms with van der Waals surface area (Å²) >= 11 is 1.25. The highest BCUT2D eigenvalue weighted by molar-refractivity contribution is 7.11. The molecule has 3 nitrogen and oxygen atoms in total. The predicted molar refractivity (Wildman–Crippen MR) is 66.4 cm³/mol. The molecule has 4 heteroatoms. The number of rotatable bonds is 4. The van der Waals surface area contributed by atoms with Crippen molar-refractivity contribution in [1.82, 2.24) is 4.98 Å². The first kappa shape index (κ1) is 11.7. The summed E-state index contributed by atoms with van der Waals surface area (Å²) in [5, 5.41) is 0. The molecule has 0 amide bonds. The Bertz CT molecular complexity index is 517. The molecule has 0 saturated heterocycles. The maximum absolute atomic E-state index is 12.1. The zero-order valence-electron chi connectivity index (χ0n) is 9.29. The number of aryl methyl sites for hydroxylation is 1. The van der Waals surface area contributed by atoms with Crippen LogP contribution in [-0.2, 0) is 4.79 Å². The number of Topliss-reactive ketones (excluding diaryl/α,β-unsaturated/α-hetero) is 1.